The molecular formula is C26H34N2O4. The van der Waals surface area contributed by atoms with E-state index in [9.17, 15) is 9.59 Å². The van der Waals surface area contributed by atoms with Gasteiger partial charge in [0.1, 0.15) is 11.5 Å². The third-order valence-electron chi connectivity index (χ3n) is 5.76. The number of nitrogens with one attached hydrogen (secondary N) is 1. The molecule has 3 rings (SSSR count). The maximum Gasteiger partial charge on any atom is 0.253 e. The minimum atomic E-state index is 0.0291. The van der Waals surface area contributed by atoms with Crippen molar-refractivity contribution in [3.8, 4) is 11.5 Å². The Morgan fingerprint density at radius 2 is 1.66 bits per heavy atom. The summed E-state index contributed by atoms with van der Waals surface area (Å²) in [6.07, 6.45) is 2.66. The van der Waals surface area contributed by atoms with Crippen LogP contribution in [-0.4, -0.2) is 49.1 Å². The van der Waals surface area contributed by atoms with E-state index in [4.69, 9.17) is 9.47 Å². The second-order valence-corrected chi connectivity index (χ2v) is 8.26. The van der Waals surface area contributed by atoms with Crippen molar-refractivity contribution in [2.45, 2.75) is 52.5 Å². The summed E-state index contributed by atoms with van der Waals surface area (Å²) in [4.78, 5) is 26.9. The van der Waals surface area contributed by atoms with Crippen LogP contribution in [0.3, 0.4) is 0 Å². The zero-order valence-corrected chi connectivity index (χ0v) is 19.4. The van der Waals surface area contributed by atoms with Gasteiger partial charge in [0.2, 0.25) is 5.91 Å². The molecule has 1 heterocycles. The lowest BCUT2D eigenvalue weighted by atomic mass is 10.0. The fraction of sp³-hybridized carbons (Fsp3) is 0.462. The van der Waals surface area contributed by atoms with E-state index in [-0.39, 0.29) is 17.9 Å². The van der Waals surface area contributed by atoms with Crippen LogP contribution in [0.4, 0.5) is 0 Å². The Morgan fingerprint density at radius 3 is 2.28 bits per heavy atom. The molecule has 1 N–H and O–H groups in total. The number of nitrogens with zero attached hydrogens (tertiary/aromatic N) is 1. The Labute approximate surface area is 190 Å². The highest BCUT2D eigenvalue weighted by atomic mass is 16.5. The molecule has 2 amide bonds. The predicted molar refractivity (Wildman–Crippen MR) is 125 cm³/mol. The predicted octanol–water partition coefficient (Wildman–Crippen LogP) is 4.28. The fourth-order valence-corrected chi connectivity index (χ4v) is 4.00. The van der Waals surface area contributed by atoms with Crippen LogP contribution in [0.1, 0.15) is 54.1 Å². The monoisotopic (exact) mass is 438 g/mol. The highest BCUT2D eigenvalue weighted by Gasteiger charge is 2.24. The van der Waals surface area contributed by atoms with Crippen molar-refractivity contribution in [2.24, 2.45) is 0 Å². The molecule has 0 aromatic heterocycles. The van der Waals surface area contributed by atoms with Gasteiger partial charge in [-0.05, 0) is 75.4 Å². The van der Waals surface area contributed by atoms with Crippen molar-refractivity contribution < 1.29 is 19.1 Å². The molecule has 0 aliphatic carbocycles. The van der Waals surface area contributed by atoms with Gasteiger partial charge in [-0.1, -0.05) is 18.2 Å². The zero-order chi connectivity index (χ0) is 22.9. The number of likely N-dealkylation sites (tertiary alicyclic amines) is 1. The van der Waals surface area contributed by atoms with E-state index >= 15 is 0 Å². The van der Waals surface area contributed by atoms with Crippen molar-refractivity contribution in [1.29, 1.82) is 0 Å². The van der Waals surface area contributed by atoms with E-state index in [1.165, 1.54) is 0 Å². The Hall–Kier alpha value is -3.02. The molecule has 0 radical (unpaired) electrons. The van der Waals surface area contributed by atoms with Gasteiger partial charge in [-0.25, -0.2) is 0 Å². The summed E-state index contributed by atoms with van der Waals surface area (Å²) in [6, 6.07) is 13.5. The Bertz CT molecular complexity index is 882. The minimum Gasteiger partial charge on any atom is -0.494 e. The lowest BCUT2D eigenvalue weighted by Gasteiger charge is -2.32. The molecule has 0 atom stereocenters. The summed E-state index contributed by atoms with van der Waals surface area (Å²) < 4.78 is 11.3. The molecule has 2 aromatic carbocycles. The first-order valence-electron chi connectivity index (χ1n) is 11.5. The number of carbonyl (C=O) groups is 2. The third kappa shape index (κ3) is 6.49. The van der Waals surface area contributed by atoms with Crippen LogP contribution < -0.4 is 14.8 Å². The standard InChI is InChI=1S/C26H34N2O4/c1-4-31-23-12-10-21(11-13-23)26(30)28-16-14-22(15-17-28)27-24(29)9-6-18-32-25-19(2)7-5-8-20(25)3/h5,7-8,10-13,22H,4,6,9,14-18H2,1-3H3,(H,27,29). The van der Waals surface area contributed by atoms with Crippen molar-refractivity contribution in [3.63, 3.8) is 0 Å². The minimum absolute atomic E-state index is 0.0291. The normalized spacial score (nSPS) is 14.2. The highest BCUT2D eigenvalue weighted by Crippen LogP contribution is 2.22. The van der Waals surface area contributed by atoms with Gasteiger partial charge in [0.25, 0.3) is 5.91 Å². The second kappa shape index (κ2) is 11.6. The number of benzene rings is 2. The maximum atomic E-state index is 12.7. The summed E-state index contributed by atoms with van der Waals surface area (Å²) in [5.74, 6) is 1.76. The summed E-state index contributed by atoms with van der Waals surface area (Å²) >= 11 is 0. The van der Waals surface area contributed by atoms with E-state index < -0.39 is 0 Å². The van der Waals surface area contributed by atoms with E-state index in [0.29, 0.717) is 44.7 Å². The molecule has 0 saturated carbocycles. The van der Waals surface area contributed by atoms with E-state index in [1.807, 2.05) is 68.1 Å². The first-order chi connectivity index (χ1) is 15.5. The van der Waals surface area contributed by atoms with Crippen LogP contribution in [-0.2, 0) is 4.79 Å². The molecule has 0 unspecified atom stereocenters. The average molecular weight is 439 g/mol. The topological polar surface area (TPSA) is 67.9 Å². The Morgan fingerprint density at radius 1 is 1.00 bits per heavy atom. The number of carbonyl (C=O) groups excluding carboxylic acids is 2. The number of piperidine rings is 1. The maximum absolute atomic E-state index is 12.7. The van der Waals surface area contributed by atoms with Gasteiger partial charge in [0, 0.05) is 31.1 Å². The number of amides is 2. The molecule has 32 heavy (non-hydrogen) atoms. The molecule has 0 spiro atoms. The number of hydrogen-bond donors (Lipinski definition) is 1. The van der Waals surface area contributed by atoms with Crippen LogP contribution in [0.15, 0.2) is 42.5 Å². The van der Waals surface area contributed by atoms with Crippen molar-refractivity contribution in [2.75, 3.05) is 26.3 Å². The molecule has 1 aliphatic heterocycles. The van der Waals surface area contributed by atoms with Crippen molar-refractivity contribution in [3.05, 3.63) is 59.2 Å². The first kappa shape index (κ1) is 23.6. The van der Waals surface area contributed by atoms with E-state index in [0.717, 1.165) is 35.5 Å². The zero-order valence-electron chi connectivity index (χ0n) is 19.4. The summed E-state index contributed by atoms with van der Waals surface area (Å²) in [6.45, 7) is 8.41. The number of para-hydroxylation sites is 1. The van der Waals surface area contributed by atoms with Gasteiger partial charge in [-0.2, -0.15) is 0 Å². The number of rotatable bonds is 9. The third-order valence-corrected chi connectivity index (χ3v) is 5.76. The van der Waals surface area contributed by atoms with Crippen LogP contribution >= 0.6 is 0 Å². The first-order valence-corrected chi connectivity index (χ1v) is 11.5. The lowest BCUT2D eigenvalue weighted by Crippen LogP contribution is -2.46. The molecule has 6 nitrogen and oxygen atoms in total. The molecule has 6 heteroatoms. The lowest BCUT2D eigenvalue weighted by molar-refractivity contribution is -0.122. The molecule has 1 fully saturated rings. The molecule has 1 aliphatic rings. The van der Waals surface area contributed by atoms with Gasteiger partial charge < -0.3 is 19.7 Å². The van der Waals surface area contributed by atoms with E-state index in [2.05, 4.69) is 5.32 Å². The molecule has 1 saturated heterocycles. The molecule has 0 bridgehead atoms. The summed E-state index contributed by atoms with van der Waals surface area (Å²) in [7, 11) is 0. The highest BCUT2D eigenvalue weighted by molar-refractivity contribution is 5.94. The fourth-order valence-electron chi connectivity index (χ4n) is 4.00. The molecular weight excluding hydrogens is 404 g/mol. The van der Waals surface area contributed by atoms with Crippen LogP contribution in [0.2, 0.25) is 0 Å². The Kier molecular flexibility index (Phi) is 8.54. The van der Waals surface area contributed by atoms with Gasteiger partial charge in [0.15, 0.2) is 0 Å². The largest absolute Gasteiger partial charge is 0.494 e. The number of ether oxygens (including phenoxy) is 2. The quantitative estimate of drug-likeness (QED) is 0.594. The van der Waals surface area contributed by atoms with Gasteiger partial charge in [0.05, 0.1) is 13.2 Å². The van der Waals surface area contributed by atoms with Gasteiger partial charge >= 0.3 is 0 Å². The van der Waals surface area contributed by atoms with Crippen LogP contribution in [0.25, 0.3) is 0 Å². The van der Waals surface area contributed by atoms with Crippen molar-refractivity contribution >= 4 is 11.8 Å². The van der Waals surface area contributed by atoms with Gasteiger partial charge in [-0.15, -0.1) is 0 Å². The SMILES string of the molecule is CCOc1ccc(C(=O)N2CCC(NC(=O)CCCOc3c(C)cccc3C)CC2)cc1. The van der Waals surface area contributed by atoms with Crippen LogP contribution in [0.5, 0.6) is 11.5 Å². The Balaban J connectivity index is 1.36. The molecule has 2 aromatic rings. The summed E-state index contributed by atoms with van der Waals surface area (Å²) in [5.41, 5.74) is 2.89. The second-order valence-electron chi connectivity index (χ2n) is 8.26. The van der Waals surface area contributed by atoms with E-state index in [1.54, 1.807) is 0 Å². The van der Waals surface area contributed by atoms with Crippen molar-refractivity contribution in [1.82, 2.24) is 10.2 Å². The smallest absolute Gasteiger partial charge is 0.253 e. The number of aryl methyl sites for hydroxylation is 2. The van der Waals surface area contributed by atoms with Crippen LogP contribution in [0, 0.1) is 13.8 Å². The van der Waals surface area contributed by atoms with Gasteiger partial charge in [-0.3, -0.25) is 9.59 Å². The molecule has 172 valence electrons. The number of hydrogen-bond acceptors (Lipinski definition) is 4. The summed E-state index contributed by atoms with van der Waals surface area (Å²) in [5, 5.41) is 3.11. The average Bonchev–Trinajstić information content (AvgIpc) is 2.79.